The van der Waals surface area contributed by atoms with Crippen molar-refractivity contribution < 1.29 is 9.59 Å². The van der Waals surface area contributed by atoms with Crippen LogP contribution < -0.4 is 0 Å². The van der Waals surface area contributed by atoms with Crippen LogP contribution in [0.1, 0.15) is 61.2 Å². The highest BCUT2D eigenvalue weighted by molar-refractivity contribution is 7.10. The molecule has 2 aromatic rings. The van der Waals surface area contributed by atoms with E-state index < -0.39 is 0 Å². The lowest BCUT2D eigenvalue weighted by molar-refractivity contribution is -0.134. The van der Waals surface area contributed by atoms with Crippen molar-refractivity contribution in [3.63, 3.8) is 0 Å². The molecule has 31 heavy (non-hydrogen) atoms. The van der Waals surface area contributed by atoms with Crippen LogP contribution in [0.4, 0.5) is 4.79 Å². The van der Waals surface area contributed by atoms with Crippen LogP contribution in [-0.2, 0) is 16.6 Å². The van der Waals surface area contributed by atoms with Crippen LogP contribution in [0.15, 0.2) is 35.7 Å². The molecule has 2 heterocycles. The molecule has 0 radical (unpaired) electrons. The molecular weight excluding hydrogens is 406 g/mol. The van der Waals surface area contributed by atoms with Gasteiger partial charge in [0.05, 0.1) is 6.04 Å². The lowest BCUT2D eigenvalue weighted by Gasteiger charge is -2.38. The number of carbonyl (C=O) groups excluding carboxylic acids is 2. The summed E-state index contributed by atoms with van der Waals surface area (Å²) in [5.74, 6) is 0.0313. The van der Waals surface area contributed by atoms with Crippen molar-refractivity contribution in [3.8, 4) is 0 Å². The number of fused-ring (bicyclic) bond motifs is 1. The summed E-state index contributed by atoms with van der Waals surface area (Å²) in [4.78, 5) is 32.9. The highest BCUT2D eigenvalue weighted by Crippen LogP contribution is 2.39. The zero-order valence-corrected chi connectivity index (χ0v) is 20.0. The Morgan fingerprint density at radius 1 is 1.10 bits per heavy atom. The normalized spacial score (nSPS) is 18.5. The van der Waals surface area contributed by atoms with Crippen molar-refractivity contribution in [2.24, 2.45) is 0 Å². The van der Waals surface area contributed by atoms with Gasteiger partial charge < -0.3 is 14.7 Å². The Kier molecular flexibility index (Phi) is 5.86. The van der Waals surface area contributed by atoms with E-state index in [-0.39, 0.29) is 36.0 Å². The zero-order chi connectivity index (χ0) is 22.3. The highest BCUT2D eigenvalue weighted by Gasteiger charge is 2.38. The van der Waals surface area contributed by atoms with Gasteiger partial charge in [-0.3, -0.25) is 4.79 Å². The average Bonchev–Trinajstić information content (AvgIpc) is 3.46. The Balaban J connectivity index is 1.63. The van der Waals surface area contributed by atoms with E-state index in [1.807, 2.05) is 4.90 Å². The van der Waals surface area contributed by atoms with Crippen molar-refractivity contribution in [1.82, 2.24) is 14.7 Å². The molecule has 2 aliphatic rings. The summed E-state index contributed by atoms with van der Waals surface area (Å²) in [6.45, 7) is 7.47. The van der Waals surface area contributed by atoms with E-state index >= 15 is 0 Å². The number of hydrogen-bond acceptors (Lipinski definition) is 3. The first kappa shape index (κ1) is 21.9. The molecule has 1 aliphatic carbocycles. The summed E-state index contributed by atoms with van der Waals surface area (Å²) in [7, 11) is 3.50. The Morgan fingerprint density at radius 3 is 2.35 bits per heavy atom. The summed E-state index contributed by atoms with van der Waals surface area (Å²) >= 11 is 1.77. The number of urea groups is 1. The molecule has 1 fully saturated rings. The van der Waals surface area contributed by atoms with Crippen LogP contribution >= 0.6 is 11.3 Å². The van der Waals surface area contributed by atoms with E-state index in [1.165, 1.54) is 16.0 Å². The van der Waals surface area contributed by atoms with Crippen LogP contribution in [0.5, 0.6) is 0 Å². The van der Waals surface area contributed by atoms with Crippen molar-refractivity contribution >= 4 is 23.3 Å². The summed E-state index contributed by atoms with van der Waals surface area (Å²) < 4.78 is 0. The molecule has 0 bridgehead atoms. The molecular formula is C25H33N3O2S. The fourth-order valence-corrected chi connectivity index (χ4v) is 5.25. The van der Waals surface area contributed by atoms with Gasteiger partial charge in [0.15, 0.2) is 0 Å². The van der Waals surface area contributed by atoms with Gasteiger partial charge >= 0.3 is 6.03 Å². The molecule has 1 aromatic carbocycles. The van der Waals surface area contributed by atoms with Gasteiger partial charge in [-0.05, 0) is 52.8 Å². The third kappa shape index (κ3) is 4.49. The standard InChI is InChI=1S/C25H33N3O2S/c1-25(2,3)18-8-6-17(7-9-18)23-20-13-15-31-21(20)12-14-27(23)22(29)16-28(19-10-11-19)24(30)26(4)5/h6-9,13,15,19,23H,10-12,14,16H2,1-5H3. The zero-order valence-electron chi connectivity index (χ0n) is 19.2. The van der Waals surface area contributed by atoms with Crippen LogP contribution in [-0.4, -0.2) is 59.9 Å². The minimum absolute atomic E-state index is 0.0313. The lowest BCUT2D eigenvalue weighted by atomic mass is 9.85. The summed E-state index contributed by atoms with van der Waals surface area (Å²) in [5, 5.41) is 2.13. The predicted octanol–water partition coefficient (Wildman–Crippen LogP) is 4.67. The SMILES string of the molecule is CN(C)C(=O)N(CC(=O)N1CCc2sccc2C1c1ccc(C(C)(C)C)cc1)C1CC1. The summed E-state index contributed by atoms with van der Waals surface area (Å²) in [6.07, 6.45) is 2.85. The predicted molar refractivity (Wildman–Crippen MR) is 126 cm³/mol. The smallest absolute Gasteiger partial charge is 0.320 e. The molecule has 1 aliphatic heterocycles. The van der Waals surface area contributed by atoms with Crippen molar-refractivity contribution in [3.05, 3.63) is 57.3 Å². The Labute approximate surface area is 189 Å². The number of nitrogens with zero attached hydrogens (tertiary/aromatic N) is 3. The first-order valence-electron chi connectivity index (χ1n) is 11.1. The van der Waals surface area contributed by atoms with Gasteiger partial charge in [-0.25, -0.2) is 4.79 Å². The van der Waals surface area contributed by atoms with E-state index in [2.05, 4.69) is 56.5 Å². The average molecular weight is 440 g/mol. The van der Waals surface area contributed by atoms with Crippen molar-refractivity contribution in [2.45, 2.75) is 57.5 Å². The summed E-state index contributed by atoms with van der Waals surface area (Å²) in [6, 6.07) is 10.9. The second kappa shape index (κ2) is 8.30. The molecule has 1 saturated carbocycles. The molecule has 0 saturated heterocycles. The fourth-order valence-electron chi connectivity index (χ4n) is 4.34. The van der Waals surface area contributed by atoms with Crippen LogP contribution in [0.25, 0.3) is 0 Å². The first-order valence-corrected chi connectivity index (χ1v) is 12.0. The maximum atomic E-state index is 13.5. The monoisotopic (exact) mass is 439 g/mol. The Hall–Kier alpha value is -2.34. The molecule has 0 N–H and O–H groups in total. The number of benzene rings is 1. The van der Waals surface area contributed by atoms with E-state index in [0.29, 0.717) is 6.54 Å². The highest BCUT2D eigenvalue weighted by atomic mass is 32.1. The van der Waals surface area contributed by atoms with Crippen LogP contribution in [0.2, 0.25) is 0 Å². The molecule has 5 nitrogen and oxygen atoms in total. The van der Waals surface area contributed by atoms with Crippen LogP contribution in [0, 0.1) is 0 Å². The second-order valence-electron chi connectivity index (χ2n) is 9.95. The van der Waals surface area contributed by atoms with Gasteiger partial charge in [0, 0.05) is 31.6 Å². The van der Waals surface area contributed by atoms with E-state index in [9.17, 15) is 9.59 Å². The van der Waals surface area contributed by atoms with E-state index in [4.69, 9.17) is 0 Å². The molecule has 4 rings (SSSR count). The topological polar surface area (TPSA) is 43.9 Å². The van der Waals surface area contributed by atoms with Gasteiger partial charge in [0.25, 0.3) is 0 Å². The minimum Gasteiger partial charge on any atom is -0.331 e. The van der Waals surface area contributed by atoms with Crippen LogP contribution in [0.3, 0.4) is 0 Å². The molecule has 166 valence electrons. The molecule has 1 aromatic heterocycles. The van der Waals surface area contributed by atoms with E-state index in [1.54, 1.807) is 35.2 Å². The molecule has 3 amide bonds. The third-order valence-electron chi connectivity index (χ3n) is 6.30. The maximum Gasteiger partial charge on any atom is 0.320 e. The largest absolute Gasteiger partial charge is 0.331 e. The first-order chi connectivity index (χ1) is 14.7. The van der Waals surface area contributed by atoms with Gasteiger partial charge in [0.2, 0.25) is 5.91 Å². The molecule has 1 unspecified atom stereocenters. The Morgan fingerprint density at radius 2 is 1.77 bits per heavy atom. The summed E-state index contributed by atoms with van der Waals surface area (Å²) in [5.41, 5.74) is 3.74. The molecule has 6 heteroatoms. The minimum atomic E-state index is -0.0907. The Bertz CT molecular complexity index is 954. The van der Waals surface area contributed by atoms with E-state index in [0.717, 1.165) is 24.8 Å². The number of hydrogen-bond donors (Lipinski definition) is 0. The van der Waals surface area contributed by atoms with Gasteiger partial charge in [0.1, 0.15) is 6.54 Å². The van der Waals surface area contributed by atoms with Gasteiger partial charge in [-0.2, -0.15) is 0 Å². The molecule has 1 atom stereocenters. The van der Waals surface area contributed by atoms with Gasteiger partial charge in [-0.1, -0.05) is 45.0 Å². The number of rotatable bonds is 4. The number of thiophene rings is 1. The van der Waals surface area contributed by atoms with Gasteiger partial charge in [-0.15, -0.1) is 11.3 Å². The van der Waals surface area contributed by atoms with Crippen molar-refractivity contribution in [2.75, 3.05) is 27.2 Å². The second-order valence-corrected chi connectivity index (χ2v) is 10.9. The van der Waals surface area contributed by atoms with Crippen molar-refractivity contribution in [1.29, 1.82) is 0 Å². The maximum absolute atomic E-state index is 13.5. The lowest BCUT2D eigenvalue weighted by Crippen LogP contribution is -2.49. The number of carbonyl (C=O) groups is 2. The third-order valence-corrected chi connectivity index (χ3v) is 7.30. The quantitative estimate of drug-likeness (QED) is 0.695. The number of amides is 3. The molecule has 0 spiro atoms. The fraction of sp³-hybridized carbons (Fsp3) is 0.520.